The summed E-state index contributed by atoms with van der Waals surface area (Å²) in [6, 6.07) is 17.5. The summed E-state index contributed by atoms with van der Waals surface area (Å²) >= 11 is 5.98. The number of carbonyl (C=O) groups excluding carboxylic acids is 1. The van der Waals surface area contributed by atoms with Crippen molar-refractivity contribution in [3.8, 4) is 0 Å². The van der Waals surface area contributed by atoms with Crippen LogP contribution in [0, 0.1) is 5.92 Å². The number of carbonyl (C=O) groups is 1. The molecule has 0 spiro atoms. The molecule has 1 aliphatic carbocycles. The maximum Gasteiger partial charge on any atom is 0.316 e. The van der Waals surface area contributed by atoms with Gasteiger partial charge in [0.05, 0.1) is 17.6 Å². The Balaban J connectivity index is 1.42. The largest absolute Gasteiger partial charge is 0.465 e. The molecule has 2 aromatic rings. The summed E-state index contributed by atoms with van der Waals surface area (Å²) < 4.78 is 5.44. The van der Waals surface area contributed by atoms with E-state index in [0.29, 0.717) is 24.5 Å². The Kier molecular flexibility index (Phi) is 5.69. The molecular formula is C24H28ClNO3. The summed E-state index contributed by atoms with van der Waals surface area (Å²) in [5, 5.41) is 11.8. The highest BCUT2D eigenvalue weighted by Gasteiger charge is 2.62. The van der Waals surface area contributed by atoms with Crippen LogP contribution < -0.4 is 0 Å². The monoisotopic (exact) mass is 413 g/mol. The Labute approximate surface area is 177 Å². The van der Waals surface area contributed by atoms with Crippen LogP contribution >= 0.6 is 11.6 Å². The molecule has 0 bridgehead atoms. The molecule has 0 radical (unpaired) electrons. The van der Waals surface area contributed by atoms with Gasteiger partial charge in [0.25, 0.3) is 0 Å². The second-order valence-corrected chi connectivity index (χ2v) is 8.73. The van der Waals surface area contributed by atoms with Crippen LogP contribution in [0.3, 0.4) is 0 Å². The van der Waals surface area contributed by atoms with Gasteiger partial charge in [-0.25, -0.2) is 0 Å². The van der Waals surface area contributed by atoms with Crippen LogP contribution in [-0.2, 0) is 20.5 Å². The minimum absolute atomic E-state index is 0.106. The number of hydrogen-bond donors (Lipinski definition) is 1. The summed E-state index contributed by atoms with van der Waals surface area (Å²) in [6.07, 6.45) is 2.19. The first-order valence-electron chi connectivity index (χ1n) is 10.4. The third kappa shape index (κ3) is 3.94. The van der Waals surface area contributed by atoms with Crippen LogP contribution in [0.5, 0.6) is 0 Å². The third-order valence-electron chi connectivity index (χ3n) is 6.58. The van der Waals surface area contributed by atoms with E-state index in [1.165, 1.54) is 0 Å². The maximum absolute atomic E-state index is 12.8. The third-order valence-corrected chi connectivity index (χ3v) is 6.83. The average molecular weight is 414 g/mol. The molecule has 2 aliphatic rings. The SMILES string of the molecule is CCOC(=O)[C@@]1(c2ccccc2)C[C@@H]1CN1CCC(O)(c2ccc(Cl)cc2)CC1. The van der Waals surface area contributed by atoms with Crippen molar-refractivity contribution in [1.29, 1.82) is 0 Å². The topological polar surface area (TPSA) is 49.8 Å². The summed E-state index contributed by atoms with van der Waals surface area (Å²) in [5.41, 5.74) is 0.667. The number of likely N-dealkylation sites (tertiary alicyclic amines) is 1. The van der Waals surface area contributed by atoms with Crippen molar-refractivity contribution < 1.29 is 14.6 Å². The predicted molar refractivity (Wildman–Crippen MR) is 114 cm³/mol. The first kappa shape index (κ1) is 20.4. The van der Waals surface area contributed by atoms with Gasteiger partial charge in [-0.1, -0.05) is 54.1 Å². The molecular weight excluding hydrogens is 386 g/mol. The van der Waals surface area contributed by atoms with Crippen LogP contribution in [0.25, 0.3) is 0 Å². The number of benzene rings is 2. The smallest absolute Gasteiger partial charge is 0.316 e. The zero-order chi connectivity index (χ0) is 20.5. The molecule has 1 saturated heterocycles. The van der Waals surface area contributed by atoms with E-state index in [1.807, 2.05) is 61.5 Å². The minimum Gasteiger partial charge on any atom is -0.465 e. The van der Waals surface area contributed by atoms with Gasteiger partial charge >= 0.3 is 5.97 Å². The van der Waals surface area contributed by atoms with Gasteiger partial charge in [-0.05, 0) is 55.4 Å². The molecule has 1 N–H and O–H groups in total. The lowest BCUT2D eigenvalue weighted by Gasteiger charge is -2.39. The number of aliphatic hydroxyl groups is 1. The molecule has 5 heteroatoms. The number of piperidine rings is 1. The van der Waals surface area contributed by atoms with Gasteiger partial charge in [0.2, 0.25) is 0 Å². The van der Waals surface area contributed by atoms with Crippen LogP contribution in [0.4, 0.5) is 0 Å². The van der Waals surface area contributed by atoms with E-state index in [1.54, 1.807) is 0 Å². The molecule has 0 amide bonds. The van der Waals surface area contributed by atoms with Gasteiger partial charge in [0.15, 0.2) is 0 Å². The fourth-order valence-corrected chi connectivity index (χ4v) is 4.86. The van der Waals surface area contributed by atoms with Crippen molar-refractivity contribution in [2.24, 2.45) is 5.92 Å². The van der Waals surface area contributed by atoms with Gasteiger partial charge in [0.1, 0.15) is 0 Å². The fourth-order valence-electron chi connectivity index (χ4n) is 4.73. The van der Waals surface area contributed by atoms with Crippen molar-refractivity contribution in [1.82, 2.24) is 4.90 Å². The van der Waals surface area contributed by atoms with Gasteiger partial charge in [-0.2, -0.15) is 0 Å². The van der Waals surface area contributed by atoms with Crippen LogP contribution in [0.15, 0.2) is 54.6 Å². The molecule has 2 aromatic carbocycles. The number of nitrogens with zero attached hydrogens (tertiary/aromatic N) is 1. The standard InChI is InChI=1S/C24H28ClNO3/c1-2-29-22(27)24(19-6-4-3-5-7-19)16-20(24)17-26-14-12-23(28,13-15-26)18-8-10-21(25)11-9-18/h3-11,20,28H,2,12-17H2,1H3/t20-,24-/m1/s1. The molecule has 154 valence electrons. The van der Waals surface area contributed by atoms with Crippen molar-refractivity contribution in [3.05, 3.63) is 70.7 Å². The first-order chi connectivity index (χ1) is 14.0. The Morgan fingerprint density at radius 2 is 1.76 bits per heavy atom. The molecule has 4 nitrogen and oxygen atoms in total. The Bertz CT molecular complexity index is 846. The van der Waals surface area contributed by atoms with E-state index in [-0.39, 0.29) is 11.9 Å². The number of halogens is 1. The molecule has 2 atom stereocenters. The van der Waals surface area contributed by atoms with E-state index in [2.05, 4.69) is 4.90 Å². The lowest BCUT2D eigenvalue weighted by molar-refractivity contribution is -0.146. The van der Waals surface area contributed by atoms with Gasteiger partial charge in [-0.15, -0.1) is 0 Å². The quantitative estimate of drug-likeness (QED) is 0.723. The van der Waals surface area contributed by atoms with Crippen LogP contribution in [0.1, 0.15) is 37.3 Å². The minimum atomic E-state index is -0.803. The number of rotatable bonds is 6. The highest BCUT2D eigenvalue weighted by atomic mass is 35.5. The second kappa shape index (κ2) is 8.10. The Morgan fingerprint density at radius 3 is 2.38 bits per heavy atom. The number of ether oxygens (including phenoxy) is 1. The molecule has 0 unspecified atom stereocenters. The predicted octanol–water partition coefficient (Wildman–Crippen LogP) is 4.14. The van der Waals surface area contributed by atoms with E-state index in [9.17, 15) is 9.90 Å². The molecule has 1 saturated carbocycles. The Hall–Kier alpha value is -1.88. The summed E-state index contributed by atoms with van der Waals surface area (Å²) in [5.74, 6) is 0.150. The normalized spacial score (nSPS) is 26.1. The van der Waals surface area contributed by atoms with Crippen LogP contribution in [-0.4, -0.2) is 42.2 Å². The lowest BCUT2D eigenvalue weighted by atomic mass is 9.84. The molecule has 29 heavy (non-hydrogen) atoms. The van der Waals surface area contributed by atoms with E-state index < -0.39 is 11.0 Å². The summed E-state index contributed by atoms with van der Waals surface area (Å²) in [4.78, 5) is 15.2. The zero-order valence-corrected chi connectivity index (χ0v) is 17.6. The van der Waals surface area contributed by atoms with Gasteiger partial charge < -0.3 is 14.7 Å². The molecule has 1 heterocycles. The van der Waals surface area contributed by atoms with Crippen LogP contribution in [0.2, 0.25) is 5.02 Å². The maximum atomic E-state index is 12.8. The van der Waals surface area contributed by atoms with Crippen molar-refractivity contribution in [2.45, 2.75) is 37.2 Å². The van der Waals surface area contributed by atoms with Crippen molar-refractivity contribution >= 4 is 17.6 Å². The highest BCUT2D eigenvalue weighted by molar-refractivity contribution is 6.30. The Morgan fingerprint density at radius 1 is 1.10 bits per heavy atom. The average Bonchev–Trinajstić information content (AvgIpc) is 3.46. The number of esters is 1. The highest BCUT2D eigenvalue weighted by Crippen LogP contribution is 2.55. The van der Waals surface area contributed by atoms with E-state index >= 15 is 0 Å². The lowest BCUT2D eigenvalue weighted by Crippen LogP contribution is -2.44. The first-order valence-corrected chi connectivity index (χ1v) is 10.8. The molecule has 4 rings (SSSR count). The zero-order valence-electron chi connectivity index (χ0n) is 16.8. The number of hydrogen-bond acceptors (Lipinski definition) is 4. The van der Waals surface area contributed by atoms with Gasteiger partial charge in [-0.3, -0.25) is 4.79 Å². The van der Waals surface area contributed by atoms with Crippen molar-refractivity contribution in [2.75, 3.05) is 26.2 Å². The van der Waals surface area contributed by atoms with Gasteiger partial charge in [0, 0.05) is 24.7 Å². The van der Waals surface area contributed by atoms with E-state index in [4.69, 9.17) is 16.3 Å². The van der Waals surface area contributed by atoms with E-state index in [0.717, 1.165) is 37.2 Å². The van der Waals surface area contributed by atoms with Crippen molar-refractivity contribution in [3.63, 3.8) is 0 Å². The fraction of sp³-hybridized carbons (Fsp3) is 0.458. The molecule has 1 aliphatic heterocycles. The molecule has 0 aromatic heterocycles. The second-order valence-electron chi connectivity index (χ2n) is 8.30. The summed E-state index contributed by atoms with van der Waals surface area (Å²) in [7, 11) is 0. The summed E-state index contributed by atoms with van der Waals surface area (Å²) in [6.45, 7) is 4.73. The molecule has 2 fully saturated rings.